The Bertz CT molecular complexity index is 970. The summed E-state index contributed by atoms with van der Waals surface area (Å²) in [5.41, 5.74) is 1.43. The number of nitrogens with one attached hydrogen (secondary N) is 1. The molecule has 6 nitrogen and oxygen atoms in total. The predicted molar refractivity (Wildman–Crippen MR) is 121 cm³/mol. The van der Waals surface area contributed by atoms with Gasteiger partial charge in [0.25, 0.3) is 0 Å². The molecule has 0 radical (unpaired) electrons. The summed E-state index contributed by atoms with van der Waals surface area (Å²) in [4.78, 5) is 21.9. The monoisotopic (exact) mass is 445 g/mol. The molecule has 166 valence electrons. The molecule has 0 spiro atoms. The Balaban J connectivity index is 2.35. The van der Waals surface area contributed by atoms with Crippen LogP contribution in [0.5, 0.6) is 0 Å². The van der Waals surface area contributed by atoms with E-state index in [0.717, 1.165) is 11.8 Å². The zero-order valence-corrected chi connectivity index (χ0v) is 20.3. The Morgan fingerprint density at radius 3 is 2.16 bits per heavy atom. The Kier molecular flexibility index (Phi) is 7.75. The molecule has 2 aromatic carbocycles. The number of hydrogen-bond donors (Lipinski definition) is 3. The molecule has 2 rings (SSSR count). The Labute approximate surface area is 184 Å². The van der Waals surface area contributed by atoms with Crippen LogP contribution in [-0.4, -0.2) is 32.6 Å². The van der Waals surface area contributed by atoms with Crippen molar-refractivity contribution in [1.82, 2.24) is 0 Å². The molecule has 1 unspecified atom stereocenters. The van der Waals surface area contributed by atoms with Gasteiger partial charge < -0.3 is 20.0 Å². The predicted octanol–water partition coefficient (Wildman–Crippen LogP) is 3.98. The van der Waals surface area contributed by atoms with E-state index in [4.69, 9.17) is 14.6 Å². The molecule has 0 bridgehead atoms. The third-order valence-electron chi connectivity index (χ3n) is 5.73. The largest absolute Gasteiger partial charge is 0.477 e. The number of carbonyl (C=O) groups is 2. The molecule has 8 heteroatoms. The second-order valence-electron chi connectivity index (χ2n) is 8.22. The number of benzene rings is 2. The summed E-state index contributed by atoms with van der Waals surface area (Å²) in [6, 6.07) is 11.6. The van der Waals surface area contributed by atoms with Crippen LogP contribution in [0.15, 0.2) is 54.2 Å². The van der Waals surface area contributed by atoms with Crippen molar-refractivity contribution in [1.29, 1.82) is 0 Å². The zero-order valence-electron chi connectivity index (χ0n) is 18.3. The Hall–Kier alpha value is -2.97. The second kappa shape index (κ2) is 9.89. The van der Waals surface area contributed by atoms with Crippen molar-refractivity contribution in [2.24, 2.45) is 11.3 Å². The Morgan fingerprint density at radius 1 is 1.10 bits per heavy atom. The number of halogens is 1. The lowest BCUT2D eigenvalue weighted by Crippen LogP contribution is -2.29. The van der Waals surface area contributed by atoms with Gasteiger partial charge in [0.15, 0.2) is 5.57 Å². The topological polar surface area (TPSA) is 95.9 Å². The van der Waals surface area contributed by atoms with Crippen LogP contribution >= 0.6 is 0 Å². The minimum atomic E-state index is -1.57. The van der Waals surface area contributed by atoms with Gasteiger partial charge in [0.05, 0.1) is 6.10 Å². The van der Waals surface area contributed by atoms with Crippen molar-refractivity contribution in [2.45, 2.75) is 33.8 Å². The van der Waals surface area contributed by atoms with Crippen LogP contribution in [0.1, 0.15) is 39.4 Å². The van der Waals surface area contributed by atoms with Crippen LogP contribution < -0.4 is 5.32 Å². The molecule has 0 amide bonds. The maximum absolute atomic E-state index is 14.5. The molecule has 3 N–H and O–H groups in total. The van der Waals surface area contributed by atoms with Gasteiger partial charge in [-0.15, -0.1) is 0 Å². The van der Waals surface area contributed by atoms with Crippen LogP contribution in [0.2, 0.25) is 0 Å². The highest BCUT2D eigenvalue weighted by atomic mass is 28.2. The highest BCUT2D eigenvalue weighted by Gasteiger charge is 2.33. The molecular formula is C23H28FNO5Si. The van der Waals surface area contributed by atoms with Gasteiger partial charge in [-0.2, -0.15) is 0 Å². The fraction of sp³-hybridized carbons (Fsp3) is 0.304. The zero-order chi connectivity index (χ0) is 23.3. The van der Waals surface area contributed by atoms with Crippen LogP contribution in [-0.2, 0) is 14.0 Å². The normalized spacial score (nSPS) is 12.5. The molecule has 1 atom stereocenters. The first kappa shape index (κ1) is 24.3. The number of anilines is 1. The molecule has 0 aliphatic carbocycles. The third kappa shape index (κ3) is 5.59. The van der Waals surface area contributed by atoms with Gasteiger partial charge in [0.2, 0.25) is 0 Å². The van der Waals surface area contributed by atoms with Crippen LogP contribution in [0, 0.1) is 17.2 Å². The first-order chi connectivity index (χ1) is 14.5. The number of carboxylic acids is 2. The van der Waals surface area contributed by atoms with Crippen molar-refractivity contribution in [3.63, 3.8) is 0 Å². The van der Waals surface area contributed by atoms with E-state index in [0.29, 0.717) is 33.2 Å². The van der Waals surface area contributed by atoms with Crippen LogP contribution in [0.4, 0.5) is 10.1 Å². The molecule has 31 heavy (non-hydrogen) atoms. The number of aliphatic carboxylic acids is 2. The number of carboxylic acid groups (broad SMARTS) is 2. The summed E-state index contributed by atoms with van der Waals surface area (Å²) >= 11 is 0. The average Bonchev–Trinajstić information content (AvgIpc) is 2.69. The molecule has 0 heterocycles. The van der Waals surface area contributed by atoms with Gasteiger partial charge in [-0.25, -0.2) is 14.0 Å². The second-order valence-corrected chi connectivity index (χ2v) is 8.69. The van der Waals surface area contributed by atoms with Crippen molar-refractivity contribution >= 4 is 28.1 Å². The summed E-state index contributed by atoms with van der Waals surface area (Å²) in [5.74, 6) is -3.19. The molecule has 0 aliphatic heterocycles. The molecule has 0 saturated carbocycles. The summed E-state index contributed by atoms with van der Waals surface area (Å²) in [5, 5.41) is 20.5. The number of hydrogen-bond acceptors (Lipinski definition) is 4. The van der Waals surface area contributed by atoms with Gasteiger partial charge in [-0.1, -0.05) is 52.0 Å². The van der Waals surface area contributed by atoms with E-state index in [1.165, 1.54) is 18.2 Å². The van der Waals surface area contributed by atoms with Crippen molar-refractivity contribution in [3.05, 3.63) is 65.6 Å². The van der Waals surface area contributed by atoms with Crippen molar-refractivity contribution in [2.75, 3.05) is 5.32 Å². The van der Waals surface area contributed by atoms with Crippen molar-refractivity contribution in [3.8, 4) is 11.1 Å². The molecule has 0 aromatic heterocycles. The summed E-state index contributed by atoms with van der Waals surface area (Å²) in [6.45, 7) is 8.65. The van der Waals surface area contributed by atoms with E-state index >= 15 is 0 Å². The van der Waals surface area contributed by atoms with Crippen molar-refractivity contribution < 1.29 is 28.6 Å². The van der Waals surface area contributed by atoms with Gasteiger partial charge in [0.1, 0.15) is 16.3 Å². The lowest BCUT2D eigenvalue weighted by Gasteiger charge is -2.37. The van der Waals surface area contributed by atoms with E-state index in [-0.39, 0.29) is 11.5 Å². The Morgan fingerprint density at radius 2 is 1.68 bits per heavy atom. The van der Waals surface area contributed by atoms with E-state index in [1.807, 2.05) is 24.3 Å². The maximum atomic E-state index is 14.5. The van der Waals surface area contributed by atoms with Crippen LogP contribution in [0.3, 0.4) is 0 Å². The van der Waals surface area contributed by atoms with Gasteiger partial charge in [-0.3, -0.25) is 0 Å². The highest BCUT2D eigenvalue weighted by molar-refractivity contribution is 6.12. The third-order valence-corrected chi connectivity index (χ3v) is 6.21. The van der Waals surface area contributed by atoms with E-state index in [9.17, 15) is 14.0 Å². The fourth-order valence-electron chi connectivity index (χ4n) is 3.22. The summed E-state index contributed by atoms with van der Waals surface area (Å²) in [7, 11) is 0.593. The minimum absolute atomic E-state index is 0.0679. The summed E-state index contributed by atoms with van der Waals surface area (Å²) < 4.78 is 20.4. The van der Waals surface area contributed by atoms with E-state index in [1.54, 1.807) is 0 Å². The van der Waals surface area contributed by atoms with Gasteiger partial charge in [0, 0.05) is 17.5 Å². The van der Waals surface area contributed by atoms with E-state index in [2.05, 4.69) is 33.0 Å². The SMILES string of the molecule is CC(C)C(C)(C)C(O[SiH3])c1ccc(-c2cc(NC=C(C(=O)O)C(=O)O)ccc2F)cc1. The molecule has 2 aromatic rings. The molecular weight excluding hydrogens is 417 g/mol. The smallest absolute Gasteiger partial charge is 0.344 e. The average molecular weight is 446 g/mol. The standard InChI is InChI=1S/C23H28FNO5Si/c1-13(2)23(3,4)20(30-31)15-7-5-14(6-8-15)17-11-16(9-10-19(17)24)25-12-18(21(26)27)22(28)29/h5-13,20,25H,1-4,31H3,(H,26,27)(H,28,29). The lowest BCUT2D eigenvalue weighted by molar-refractivity contribution is -0.140. The fourth-order valence-corrected chi connectivity index (χ4v) is 4.10. The quantitative estimate of drug-likeness (QED) is 0.234. The van der Waals surface area contributed by atoms with Gasteiger partial charge >= 0.3 is 11.9 Å². The maximum Gasteiger partial charge on any atom is 0.344 e. The first-order valence-corrected chi connectivity index (χ1v) is 10.7. The lowest BCUT2D eigenvalue weighted by atomic mass is 9.74. The summed E-state index contributed by atoms with van der Waals surface area (Å²) in [6.07, 6.45) is 0.799. The number of rotatable bonds is 9. The van der Waals surface area contributed by atoms with Gasteiger partial charge in [-0.05, 0) is 40.7 Å². The minimum Gasteiger partial charge on any atom is -0.477 e. The molecule has 0 fully saturated rings. The molecule has 0 aliphatic rings. The highest BCUT2D eigenvalue weighted by Crippen LogP contribution is 2.42. The first-order valence-electron chi connectivity index (χ1n) is 9.85. The van der Waals surface area contributed by atoms with Crippen LogP contribution in [0.25, 0.3) is 11.1 Å². The van der Waals surface area contributed by atoms with E-state index < -0.39 is 23.3 Å². The molecule has 0 saturated heterocycles.